The number of nitrogens with one attached hydrogen (secondary N) is 1. The van der Waals surface area contributed by atoms with E-state index in [1.165, 1.54) is 0 Å². The maximum atomic E-state index is 12.4. The van der Waals surface area contributed by atoms with Gasteiger partial charge in [0.05, 0.1) is 6.21 Å². The van der Waals surface area contributed by atoms with Crippen LogP contribution >= 0.6 is 23.8 Å². The third-order valence-corrected chi connectivity index (χ3v) is 2.62. The zero-order valence-electron chi connectivity index (χ0n) is 10.4. The predicted molar refractivity (Wildman–Crippen MR) is 82.9 cm³/mol. The molecule has 1 rings (SSSR count). The molecule has 1 aromatic carbocycles. The number of hydrogen-bond acceptors (Lipinski definition) is 3. The highest BCUT2D eigenvalue weighted by molar-refractivity contribution is 7.80. The van der Waals surface area contributed by atoms with E-state index in [2.05, 4.69) is 22.7 Å². The van der Waals surface area contributed by atoms with Crippen molar-refractivity contribution in [1.82, 2.24) is 5.43 Å². The Morgan fingerprint density at radius 1 is 1.42 bits per heavy atom. The quantitative estimate of drug-likeness (QED) is 0.349. The van der Waals surface area contributed by atoms with Crippen LogP contribution in [0.15, 0.2) is 29.4 Å². The summed E-state index contributed by atoms with van der Waals surface area (Å²) in [5, 5.41) is 3.97. The second-order valence-corrected chi connectivity index (χ2v) is 4.51. The summed E-state index contributed by atoms with van der Waals surface area (Å²) >= 11 is 10.3. The van der Waals surface area contributed by atoms with E-state index < -0.39 is 6.67 Å². The van der Waals surface area contributed by atoms with E-state index in [0.717, 1.165) is 11.3 Å². The van der Waals surface area contributed by atoms with E-state index in [9.17, 15) is 4.39 Å². The highest BCUT2D eigenvalue weighted by atomic mass is 35.5. The number of hydrazone groups is 1. The van der Waals surface area contributed by atoms with Crippen molar-refractivity contribution < 1.29 is 4.39 Å². The van der Waals surface area contributed by atoms with E-state index in [0.29, 0.717) is 19.0 Å². The SMILES string of the molecule is NC(=S)N/N=C/c1ccc(N(CCF)CCCl)cc1. The Balaban J connectivity index is 2.68. The highest BCUT2D eigenvalue weighted by Crippen LogP contribution is 2.14. The lowest BCUT2D eigenvalue weighted by Gasteiger charge is -2.22. The summed E-state index contributed by atoms with van der Waals surface area (Å²) in [6.07, 6.45) is 1.60. The molecule has 0 unspecified atom stereocenters. The summed E-state index contributed by atoms with van der Waals surface area (Å²) in [4.78, 5) is 1.89. The van der Waals surface area contributed by atoms with Crippen molar-refractivity contribution in [2.45, 2.75) is 0 Å². The zero-order chi connectivity index (χ0) is 14.1. The molecule has 1 aromatic rings. The van der Waals surface area contributed by atoms with E-state index in [-0.39, 0.29) is 5.11 Å². The number of hydrogen-bond donors (Lipinski definition) is 2. The van der Waals surface area contributed by atoms with Crippen molar-refractivity contribution in [2.75, 3.05) is 30.5 Å². The first-order chi connectivity index (χ1) is 9.17. The minimum absolute atomic E-state index is 0.115. The van der Waals surface area contributed by atoms with Crippen molar-refractivity contribution in [3.05, 3.63) is 29.8 Å². The summed E-state index contributed by atoms with van der Waals surface area (Å²) in [5.74, 6) is 0.459. The molecule has 0 spiro atoms. The minimum atomic E-state index is -0.405. The van der Waals surface area contributed by atoms with Crippen molar-refractivity contribution in [3.8, 4) is 0 Å². The lowest BCUT2D eigenvalue weighted by molar-refractivity contribution is 0.492. The molecule has 0 aliphatic heterocycles. The van der Waals surface area contributed by atoms with E-state index in [1.54, 1.807) is 6.21 Å². The number of benzene rings is 1. The summed E-state index contributed by atoms with van der Waals surface area (Å²) in [6, 6.07) is 7.54. The van der Waals surface area contributed by atoms with Gasteiger partial charge in [-0.25, -0.2) is 4.39 Å². The molecular weight excluding hydrogens is 287 g/mol. The smallest absolute Gasteiger partial charge is 0.184 e. The van der Waals surface area contributed by atoms with Crippen molar-refractivity contribution in [3.63, 3.8) is 0 Å². The van der Waals surface area contributed by atoms with Gasteiger partial charge in [-0.3, -0.25) is 5.43 Å². The monoisotopic (exact) mass is 302 g/mol. The topological polar surface area (TPSA) is 53.6 Å². The Labute approximate surface area is 122 Å². The molecule has 0 bridgehead atoms. The van der Waals surface area contributed by atoms with Crippen LogP contribution in [0, 0.1) is 0 Å². The molecule has 19 heavy (non-hydrogen) atoms. The van der Waals surface area contributed by atoms with Gasteiger partial charge in [0, 0.05) is 24.7 Å². The molecule has 0 saturated carbocycles. The van der Waals surface area contributed by atoms with E-state index in [4.69, 9.17) is 17.3 Å². The van der Waals surface area contributed by atoms with E-state index in [1.807, 2.05) is 29.2 Å². The highest BCUT2D eigenvalue weighted by Gasteiger charge is 2.04. The average molecular weight is 303 g/mol. The molecule has 0 saturated heterocycles. The van der Waals surface area contributed by atoms with Gasteiger partial charge in [-0.05, 0) is 29.9 Å². The lowest BCUT2D eigenvalue weighted by atomic mass is 10.2. The first-order valence-electron chi connectivity index (χ1n) is 5.73. The van der Waals surface area contributed by atoms with Gasteiger partial charge in [-0.2, -0.15) is 5.10 Å². The average Bonchev–Trinajstić information content (AvgIpc) is 2.39. The number of alkyl halides is 2. The van der Waals surface area contributed by atoms with Crippen LogP contribution in [-0.2, 0) is 0 Å². The first-order valence-corrected chi connectivity index (χ1v) is 6.67. The van der Waals surface area contributed by atoms with Gasteiger partial charge < -0.3 is 10.6 Å². The maximum Gasteiger partial charge on any atom is 0.184 e. The van der Waals surface area contributed by atoms with Crippen LogP contribution < -0.4 is 16.1 Å². The number of halogens is 2. The maximum absolute atomic E-state index is 12.4. The Kier molecular flexibility index (Phi) is 7.14. The molecule has 0 aliphatic rings. The first kappa shape index (κ1) is 15.7. The molecule has 0 heterocycles. The zero-order valence-corrected chi connectivity index (χ0v) is 11.9. The van der Waals surface area contributed by atoms with Crippen molar-refractivity contribution in [1.29, 1.82) is 0 Å². The normalized spacial score (nSPS) is 10.6. The second kappa shape index (κ2) is 8.66. The number of anilines is 1. The van der Waals surface area contributed by atoms with Crippen molar-refractivity contribution in [2.24, 2.45) is 10.8 Å². The summed E-state index contributed by atoms with van der Waals surface area (Å²) < 4.78 is 12.4. The lowest BCUT2D eigenvalue weighted by Crippen LogP contribution is -2.27. The standard InChI is InChI=1S/C12H16ClFN4S/c13-5-7-18(8-6-14)11-3-1-10(2-4-11)9-16-17-12(15)19/h1-4,9H,5-8H2,(H3,15,17,19)/b16-9+. The predicted octanol–water partition coefficient (Wildman–Crippen LogP) is 1.87. The van der Waals surface area contributed by atoms with Gasteiger partial charge in [-0.15, -0.1) is 11.6 Å². The molecule has 0 fully saturated rings. The Morgan fingerprint density at radius 2 is 2.11 bits per heavy atom. The Hall–Kier alpha value is -1.40. The third-order valence-electron chi connectivity index (χ3n) is 2.36. The Bertz CT molecular complexity index is 418. The molecule has 4 nitrogen and oxygen atoms in total. The van der Waals surface area contributed by atoms with Gasteiger partial charge in [-0.1, -0.05) is 12.1 Å². The van der Waals surface area contributed by atoms with Gasteiger partial charge in [0.1, 0.15) is 6.67 Å². The third kappa shape index (κ3) is 5.85. The minimum Gasteiger partial charge on any atom is -0.375 e. The molecule has 0 aromatic heterocycles. The van der Waals surface area contributed by atoms with E-state index >= 15 is 0 Å². The van der Waals surface area contributed by atoms with Crippen LogP contribution in [0.5, 0.6) is 0 Å². The largest absolute Gasteiger partial charge is 0.375 e. The van der Waals surface area contributed by atoms with Crippen LogP contribution in [0.25, 0.3) is 0 Å². The number of thiocarbonyl (C=S) groups is 1. The number of nitrogens with zero attached hydrogens (tertiary/aromatic N) is 2. The molecule has 0 aliphatic carbocycles. The summed E-state index contributed by atoms with van der Waals surface area (Å²) in [5.41, 5.74) is 9.53. The van der Waals surface area contributed by atoms with Gasteiger partial charge in [0.25, 0.3) is 0 Å². The fourth-order valence-corrected chi connectivity index (χ4v) is 1.77. The Morgan fingerprint density at radius 3 is 2.63 bits per heavy atom. The van der Waals surface area contributed by atoms with Crippen LogP contribution in [0.3, 0.4) is 0 Å². The molecule has 0 atom stereocenters. The number of nitrogens with two attached hydrogens (primary N) is 1. The fraction of sp³-hybridized carbons (Fsp3) is 0.333. The molecule has 104 valence electrons. The van der Waals surface area contributed by atoms with Gasteiger partial charge >= 0.3 is 0 Å². The second-order valence-electron chi connectivity index (χ2n) is 3.69. The summed E-state index contributed by atoms with van der Waals surface area (Å²) in [7, 11) is 0. The molecule has 3 N–H and O–H groups in total. The summed E-state index contributed by atoms with van der Waals surface area (Å²) in [6.45, 7) is 0.545. The van der Waals surface area contributed by atoms with Crippen molar-refractivity contribution >= 4 is 40.8 Å². The van der Waals surface area contributed by atoms with Crippen LogP contribution in [0.4, 0.5) is 10.1 Å². The van der Waals surface area contributed by atoms with Gasteiger partial charge in [0.2, 0.25) is 0 Å². The fourth-order valence-electron chi connectivity index (χ4n) is 1.52. The molecule has 0 amide bonds. The molecule has 7 heteroatoms. The van der Waals surface area contributed by atoms with Gasteiger partial charge in [0.15, 0.2) is 5.11 Å². The van der Waals surface area contributed by atoms with Crippen LogP contribution in [0.2, 0.25) is 0 Å². The van der Waals surface area contributed by atoms with Crippen LogP contribution in [0.1, 0.15) is 5.56 Å². The molecule has 0 radical (unpaired) electrons. The van der Waals surface area contributed by atoms with Crippen LogP contribution in [-0.4, -0.2) is 37.0 Å². The number of rotatable bonds is 7. The molecular formula is C12H16ClFN4S.